The Balaban J connectivity index is 0.00000242. The van der Waals surface area contributed by atoms with E-state index in [0.29, 0.717) is 16.7 Å². The van der Waals surface area contributed by atoms with E-state index in [1.807, 2.05) is 49.2 Å². The molecule has 2 N–H and O–H groups in total. The third-order valence-electron chi connectivity index (χ3n) is 3.39. The second kappa shape index (κ2) is 8.06. The number of benzene rings is 2. The van der Waals surface area contributed by atoms with Crippen molar-refractivity contribution in [2.75, 3.05) is 11.9 Å². The van der Waals surface area contributed by atoms with Crippen LogP contribution in [0.15, 0.2) is 47.5 Å². The van der Waals surface area contributed by atoms with Gasteiger partial charge in [0.2, 0.25) is 5.96 Å². The molecule has 0 aromatic heterocycles. The van der Waals surface area contributed by atoms with E-state index in [2.05, 4.69) is 24.0 Å². The van der Waals surface area contributed by atoms with Crippen LogP contribution in [0.2, 0.25) is 5.02 Å². The Hall–Kier alpha value is -1.71. The number of guanidine groups is 1. The van der Waals surface area contributed by atoms with Gasteiger partial charge in [0.05, 0.1) is 10.7 Å². The van der Waals surface area contributed by atoms with Gasteiger partial charge in [-0.05, 0) is 48.7 Å². The molecule has 0 unspecified atom stereocenters. The first-order valence-corrected chi connectivity index (χ1v) is 7.32. The minimum absolute atomic E-state index is 0. The van der Waals surface area contributed by atoms with Crippen molar-refractivity contribution < 1.29 is 0 Å². The van der Waals surface area contributed by atoms with Gasteiger partial charge in [0, 0.05) is 12.7 Å². The molecular weight excluding hydrogens is 317 g/mol. The number of anilines is 1. The SMILES string of the molecule is CCc1cccc(N(C)C(N)=Nc2cc(C)ccc2Cl)c1.Cl. The lowest BCUT2D eigenvalue weighted by atomic mass is 10.1. The molecule has 0 spiro atoms. The van der Waals surface area contributed by atoms with Crippen LogP contribution in [0, 0.1) is 6.92 Å². The van der Waals surface area contributed by atoms with Crippen LogP contribution in [-0.4, -0.2) is 13.0 Å². The molecule has 0 aliphatic carbocycles. The fourth-order valence-corrected chi connectivity index (χ4v) is 2.18. The lowest BCUT2D eigenvalue weighted by Gasteiger charge is -2.19. The molecule has 5 heteroatoms. The number of hydrogen-bond acceptors (Lipinski definition) is 1. The fraction of sp³-hybridized carbons (Fsp3) is 0.235. The van der Waals surface area contributed by atoms with E-state index in [4.69, 9.17) is 17.3 Å². The molecule has 0 saturated heterocycles. The van der Waals surface area contributed by atoms with Crippen LogP contribution in [0.5, 0.6) is 0 Å². The molecule has 0 bridgehead atoms. The fourth-order valence-electron chi connectivity index (χ4n) is 2.02. The molecule has 2 aromatic rings. The molecule has 0 saturated carbocycles. The molecule has 0 fully saturated rings. The highest BCUT2D eigenvalue weighted by molar-refractivity contribution is 6.33. The van der Waals surface area contributed by atoms with Crippen LogP contribution in [0.1, 0.15) is 18.1 Å². The maximum absolute atomic E-state index is 6.16. The van der Waals surface area contributed by atoms with Crippen molar-refractivity contribution in [3.63, 3.8) is 0 Å². The smallest absolute Gasteiger partial charge is 0.200 e. The van der Waals surface area contributed by atoms with Crippen LogP contribution < -0.4 is 10.6 Å². The summed E-state index contributed by atoms with van der Waals surface area (Å²) in [6.45, 7) is 4.13. The Morgan fingerprint density at radius 2 is 1.95 bits per heavy atom. The molecule has 22 heavy (non-hydrogen) atoms. The van der Waals surface area contributed by atoms with Crippen molar-refractivity contribution in [3.8, 4) is 0 Å². The Kier molecular flexibility index (Phi) is 6.72. The van der Waals surface area contributed by atoms with E-state index < -0.39 is 0 Å². The molecule has 118 valence electrons. The summed E-state index contributed by atoms with van der Waals surface area (Å²) in [5.74, 6) is 0.413. The zero-order valence-electron chi connectivity index (χ0n) is 13.0. The number of hydrogen-bond donors (Lipinski definition) is 1. The van der Waals surface area contributed by atoms with E-state index in [0.717, 1.165) is 17.7 Å². The maximum atomic E-state index is 6.16. The standard InChI is InChI=1S/C17H20ClN3.ClH/c1-4-13-6-5-7-14(11-13)21(3)17(19)20-16-10-12(2)8-9-15(16)18;/h5-11H,4H2,1-3H3,(H2,19,20);1H. The normalized spacial score (nSPS) is 11.0. The predicted octanol–water partition coefficient (Wildman–Crippen LogP) is 4.72. The largest absolute Gasteiger partial charge is 0.369 e. The van der Waals surface area contributed by atoms with E-state index in [1.165, 1.54) is 5.56 Å². The van der Waals surface area contributed by atoms with Gasteiger partial charge in [0.25, 0.3) is 0 Å². The van der Waals surface area contributed by atoms with Gasteiger partial charge in [-0.15, -0.1) is 12.4 Å². The summed E-state index contributed by atoms with van der Waals surface area (Å²) in [5, 5.41) is 0.597. The molecule has 2 rings (SSSR count). The summed E-state index contributed by atoms with van der Waals surface area (Å²) in [6, 6.07) is 14.0. The van der Waals surface area contributed by atoms with Crippen LogP contribution in [0.3, 0.4) is 0 Å². The monoisotopic (exact) mass is 337 g/mol. The first-order chi connectivity index (χ1) is 10.0. The van der Waals surface area contributed by atoms with Gasteiger partial charge in [0.15, 0.2) is 0 Å². The predicted molar refractivity (Wildman–Crippen MR) is 98.9 cm³/mol. The zero-order valence-corrected chi connectivity index (χ0v) is 14.6. The van der Waals surface area contributed by atoms with Crippen LogP contribution in [0.4, 0.5) is 11.4 Å². The highest BCUT2D eigenvalue weighted by atomic mass is 35.5. The minimum Gasteiger partial charge on any atom is -0.369 e. The van der Waals surface area contributed by atoms with Crippen LogP contribution >= 0.6 is 24.0 Å². The second-order valence-electron chi connectivity index (χ2n) is 5.01. The first-order valence-electron chi connectivity index (χ1n) is 6.94. The summed E-state index contributed by atoms with van der Waals surface area (Å²) >= 11 is 6.16. The third-order valence-corrected chi connectivity index (χ3v) is 3.71. The molecule has 3 nitrogen and oxygen atoms in total. The number of nitrogens with zero attached hydrogens (tertiary/aromatic N) is 2. The van der Waals surface area contributed by atoms with Crippen molar-refractivity contribution in [2.45, 2.75) is 20.3 Å². The van der Waals surface area contributed by atoms with Crippen molar-refractivity contribution in [3.05, 3.63) is 58.6 Å². The van der Waals surface area contributed by atoms with Crippen molar-refractivity contribution in [1.82, 2.24) is 0 Å². The summed E-state index contributed by atoms with van der Waals surface area (Å²) in [5.41, 5.74) is 10.2. The first kappa shape index (κ1) is 18.3. The Morgan fingerprint density at radius 1 is 1.23 bits per heavy atom. The van der Waals surface area contributed by atoms with Crippen LogP contribution in [0.25, 0.3) is 0 Å². The molecule has 0 radical (unpaired) electrons. The Morgan fingerprint density at radius 3 is 2.64 bits per heavy atom. The van der Waals surface area contributed by atoms with Gasteiger partial charge >= 0.3 is 0 Å². The highest BCUT2D eigenvalue weighted by Gasteiger charge is 2.07. The second-order valence-corrected chi connectivity index (χ2v) is 5.41. The lowest BCUT2D eigenvalue weighted by Crippen LogP contribution is -2.33. The van der Waals surface area contributed by atoms with Gasteiger partial charge in [0.1, 0.15) is 0 Å². The summed E-state index contributed by atoms with van der Waals surface area (Å²) < 4.78 is 0. The number of aliphatic imine (C=N–C) groups is 1. The summed E-state index contributed by atoms with van der Waals surface area (Å²) in [6.07, 6.45) is 0.989. The van der Waals surface area contributed by atoms with Crippen molar-refractivity contribution in [2.24, 2.45) is 10.7 Å². The number of halogens is 2. The topological polar surface area (TPSA) is 41.6 Å². The Labute approximate surface area is 143 Å². The van der Waals surface area contributed by atoms with Crippen molar-refractivity contribution in [1.29, 1.82) is 0 Å². The minimum atomic E-state index is 0. The van der Waals surface area contributed by atoms with E-state index in [-0.39, 0.29) is 12.4 Å². The maximum Gasteiger partial charge on any atom is 0.200 e. The van der Waals surface area contributed by atoms with Gasteiger partial charge < -0.3 is 10.6 Å². The van der Waals surface area contributed by atoms with E-state index >= 15 is 0 Å². The van der Waals surface area contributed by atoms with Gasteiger partial charge in [-0.3, -0.25) is 0 Å². The van der Waals surface area contributed by atoms with Gasteiger partial charge in [-0.25, -0.2) is 4.99 Å². The zero-order chi connectivity index (χ0) is 15.4. The van der Waals surface area contributed by atoms with Gasteiger partial charge in [-0.2, -0.15) is 0 Å². The molecule has 0 aliphatic heterocycles. The van der Waals surface area contributed by atoms with Crippen molar-refractivity contribution >= 4 is 41.3 Å². The van der Waals surface area contributed by atoms with Gasteiger partial charge in [-0.1, -0.05) is 36.7 Å². The molecule has 0 aliphatic rings. The third kappa shape index (κ3) is 4.39. The van der Waals surface area contributed by atoms with Crippen LogP contribution in [-0.2, 0) is 6.42 Å². The summed E-state index contributed by atoms with van der Waals surface area (Å²) in [4.78, 5) is 6.30. The number of rotatable bonds is 3. The quantitative estimate of drug-likeness (QED) is 0.650. The average Bonchev–Trinajstić information content (AvgIpc) is 2.50. The molecule has 0 amide bonds. The molecule has 2 aromatic carbocycles. The lowest BCUT2D eigenvalue weighted by molar-refractivity contribution is 1.13. The highest BCUT2D eigenvalue weighted by Crippen LogP contribution is 2.26. The molecule has 0 heterocycles. The number of nitrogens with two attached hydrogens (primary N) is 1. The Bertz CT molecular complexity index is 669. The number of aryl methyl sites for hydroxylation is 2. The average molecular weight is 338 g/mol. The van der Waals surface area contributed by atoms with E-state index in [1.54, 1.807) is 0 Å². The summed E-state index contributed by atoms with van der Waals surface area (Å²) in [7, 11) is 1.90. The molecular formula is C17H21Cl2N3. The van der Waals surface area contributed by atoms with E-state index in [9.17, 15) is 0 Å². The molecule has 0 atom stereocenters.